The predicted octanol–water partition coefficient (Wildman–Crippen LogP) is 4.32. The molecular formula is C23H21NO3. The third-order valence-corrected chi connectivity index (χ3v) is 4.28. The van der Waals surface area contributed by atoms with Gasteiger partial charge in [0.1, 0.15) is 0 Å². The molecule has 3 aromatic rings. The van der Waals surface area contributed by atoms with Crippen molar-refractivity contribution in [3.05, 3.63) is 107 Å². The largest absolute Gasteiger partial charge is 0.465 e. The molecule has 136 valence electrons. The van der Waals surface area contributed by atoms with Crippen LogP contribution in [0.1, 0.15) is 31.8 Å². The number of benzene rings is 3. The van der Waals surface area contributed by atoms with E-state index < -0.39 is 5.97 Å². The normalized spacial score (nSPS) is 10.3. The molecule has 0 atom stereocenters. The van der Waals surface area contributed by atoms with Crippen molar-refractivity contribution in [2.24, 2.45) is 0 Å². The number of carbonyl (C=O) groups excluding carboxylic acids is 2. The Kier molecular flexibility index (Phi) is 6.00. The second kappa shape index (κ2) is 8.81. The molecule has 0 aliphatic carbocycles. The first kappa shape index (κ1) is 18.4. The lowest BCUT2D eigenvalue weighted by atomic mass is 10.0. The Morgan fingerprint density at radius 1 is 0.704 bits per heavy atom. The standard InChI is InChI=1S/C23H21NO3/c1-27-23(26)21-15-9-8-14-20(21)22(25)24(16-18-10-4-2-5-11-18)17-19-12-6-3-7-13-19/h2-15H,16-17H2,1H3. The zero-order valence-electron chi connectivity index (χ0n) is 15.2. The summed E-state index contributed by atoms with van der Waals surface area (Å²) < 4.78 is 4.83. The summed E-state index contributed by atoms with van der Waals surface area (Å²) in [6, 6.07) is 26.4. The fourth-order valence-electron chi connectivity index (χ4n) is 2.94. The first-order chi connectivity index (χ1) is 13.2. The molecule has 0 aliphatic heterocycles. The predicted molar refractivity (Wildman–Crippen MR) is 104 cm³/mol. The lowest BCUT2D eigenvalue weighted by molar-refractivity contribution is 0.0588. The van der Waals surface area contributed by atoms with Gasteiger partial charge in [-0.25, -0.2) is 4.79 Å². The summed E-state index contributed by atoms with van der Waals surface area (Å²) in [4.78, 5) is 27.1. The van der Waals surface area contributed by atoms with Gasteiger partial charge in [-0.2, -0.15) is 0 Å². The Morgan fingerprint density at radius 2 is 1.15 bits per heavy atom. The molecule has 0 saturated heterocycles. The summed E-state index contributed by atoms with van der Waals surface area (Å²) in [5.74, 6) is -0.720. The van der Waals surface area contributed by atoms with Crippen LogP contribution in [-0.4, -0.2) is 23.9 Å². The number of amides is 1. The molecular weight excluding hydrogens is 338 g/mol. The molecule has 3 aromatic carbocycles. The highest BCUT2D eigenvalue weighted by Gasteiger charge is 2.22. The van der Waals surface area contributed by atoms with E-state index in [0.717, 1.165) is 11.1 Å². The van der Waals surface area contributed by atoms with Crippen LogP contribution in [0.25, 0.3) is 0 Å². The van der Waals surface area contributed by atoms with E-state index in [0.29, 0.717) is 18.7 Å². The van der Waals surface area contributed by atoms with Gasteiger partial charge in [0.2, 0.25) is 0 Å². The number of rotatable bonds is 6. The highest BCUT2D eigenvalue weighted by Crippen LogP contribution is 2.18. The Hall–Kier alpha value is -3.40. The van der Waals surface area contributed by atoms with E-state index in [2.05, 4.69) is 0 Å². The smallest absolute Gasteiger partial charge is 0.338 e. The van der Waals surface area contributed by atoms with Gasteiger partial charge in [0.15, 0.2) is 0 Å². The first-order valence-electron chi connectivity index (χ1n) is 8.73. The van der Waals surface area contributed by atoms with Crippen molar-refractivity contribution >= 4 is 11.9 Å². The molecule has 0 spiro atoms. The Labute approximate surface area is 159 Å². The van der Waals surface area contributed by atoms with E-state index >= 15 is 0 Å². The molecule has 0 saturated carbocycles. The van der Waals surface area contributed by atoms with Crippen LogP contribution in [0, 0.1) is 0 Å². The second-order valence-corrected chi connectivity index (χ2v) is 6.17. The minimum Gasteiger partial charge on any atom is -0.465 e. The second-order valence-electron chi connectivity index (χ2n) is 6.17. The lowest BCUT2D eigenvalue weighted by Crippen LogP contribution is -2.31. The van der Waals surface area contributed by atoms with Gasteiger partial charge in [0, 0.05) is 13.1 Å². The van der Waals surface area contributed by atoms with Crippen molar-refractivity contribution in [3.8, 4) is 0 Å². The van der Waals surface area contributed by atoms with E-state index in [1.165, 1.54) is 7.11 Å². The van der Waals surface area contributed by atoms with Crippen LogP contribution >= 0.6 is 0 Å². The van der Waals surface area contributed by atoms with Crippen molar-refractivity contribution in [1.82, 2.24) is 4.90 Å². The summed E-state index contributed by atoms with van der Waals surface area (Å²) in [5, 5.41) is 0. The van der Waals surface area contributed by atoms with Crippen molar-refractivity contribution in [3.63, 3.8) is 0 Å². The van der Waals surface area contributed by atoms with Crippen LogP contribution in [0.15, 0.2) is 84.9 Å². The monoisotopic (exact) mass is 359 g/mol. The average Bonchev–Trinajstić information content (AvgIpc) is 2.73. The SMILES string of the molecule is COC(=O)c1ccccc1C(=O)N(Cc1ccccc1)Cc1ccccc1. The van der Waals surface area contributed by atoms with Gasteiger partial charge < -0.3 is 9.64 Å². The molecule has 27 heavy (non-hydrogen) atoms. The number of esters is 1. The molecule has 4 heteroatoms. The minimum atomic E-state index is -0.515. The van der Waals surface area contributed by atoms with Gasteiger partial charge >= 0.3 is 5.97 Å². The summed E-state index contributed by atoms with van der Waals surface area (Å²) in [7, 11) is 1.31. The molecule has 0 aliphatic rings. The summed E-state index contributed by atoms with van der Waals surface area (Å²) in [5.41, 5.74) is 2.67. The lowest BCUT2D eigenvalue weighted by Gasteiger charge is -2.24. The molecule has 4 nitrogen and oxygen atoms in total. The maximum atomic E-state index is 13.3. The van der Waals surface area contributed by atoms with Crippen LogP contribution < -0.4 is 0 Å². The Balaban J connectivity index is 1.94. The van der Waals surface area contributed by atoms with E-state index in [-0.39, 0.29) is 11.5 Å². The van der Waals surface area contributed by atoms with E-state index in [9.17, 15) is 9.59 Å². The Morgan fingerprint density at radius 3 is 1.63 bits per heavy atom. The Bertz CT molecular complexity index is 866. The van der Waals surface area contributed by atoms with Crippen LogP contribution in [0.2, 0.25) is 0 Å². The van der Waals surface area contributed by atoms with Gasteiger partial charge in [-0.3, -0.25) is 4.79 Å². The topological polar surface area (TPSA) is 46.6 Å². The molecule has 0 bridgehead atoms. The molecule has 0 radical (unpaired) electrons. The zero-order valence-corrected chi connectivity index (χ0v) is 15.2. The highest BCUT2D eigenvalue weighted by atomic mass is 16.5. The molecule has 0 fully saturated rings. The van der Waals surface area contributed by atoms with Gasteiger partial charge in [-0.05, 0) is 23.3 Å². The number of methoxy groups -OCH3 is 1. The van der Waals surface area contributed by atoms with Crippen molar-refractivity contribution in [2.75, 3.05) is 7.11 Å². The number of ether oxygens (including phenoxy) is 1. The average molecular weight is 359 g/mol. The van der Waals surface area contributed by atoms with Gasteiger partial charge in [0.25, 0.3) is 5.91 Å². The fourth-order valence-corrected chi connectivity index (χ4v) is 2.94. The maximum Gasteiger partial charge on any atom is 0.338 e. The van der Waals surface area contributed by atoms with Crippen molar-refractivity contribution < 1.29 is 14.3 Å². The third-order valence-electron chi connectivity index (χ3n) is 4.28. The molecule has 0 unspecified atom stereocenters. The van der Waals surface area contributed by atoms with Crippen LogP contribution in [0.3, 0.4) is 0 Å². The zero-order chi connectivity index (χ0) is 19.1. The van der Waals surface area contributed by atoms with Crippen molar-refractivity contribution in [1.29, 1.82) is 0 Å². The summed E-state index contributed by atoms with van der Waals surface area (Å²) >= 11 is 0. The summed E-state index contributed by atoms with van der Waals surface area (Å²) in [6.45, 7) is 0.897. The van der Waals surface area contributed by atoms with Gasteiger partial charge in [0.05, 0.1) is 18.2 Å². The molecule has 3 rings (SSSR count). The van der Waals surface area contributed by atoms with Crippen LogP contribution in [0.4, 0.5) is 0 Å². The van der Waals surface area contributed by atoms with E-state index in [1.807, 2.05) is 60.7 Å². The quantitative estimate of drug-likeness (QED) is 0.616. The van der Waals surface area contributed by atoms with E-state index in [4.69, 9.17) is 4.74 Å². The van der Waals surface area contributed by atoms with Crippen molar-refractivity contribution in [2.45, 2.75) is 13.1 Å². The molecule has 0 heterocycles. The first-order valence-corrected chi connectivity index (χ1v) is 8.73. The van der Waals surface area contributed by atoms with Crippen LogP contribution in [-0.2, 0) is 17.8 Å². The van der Waals surface area contributed by atoms with Gasteiger partial charge in [-0.15, -0.1) is 0 Å². The number of carbonyl (C=O) groups is 2. The highest BCUT2D eigenvalue weighted by molar-refractivity contribution is 6.05. The molecule has 1 amide bonds. The maximum absolute atomic E-state index is 13.3. The number of hydrogen-bond acceptors (Lipinski definition) is 3. The number of hydrogen-bond donors (Lipinski definition) is 0. The third kappa shape index (κ3) is 4.61. The van der Waals surface area contributed by atoms with Gasteiger partial charge in [-0.1, -0.05) is 72.8 Å². The number of nitrogens with zero attached hydrogens (tertiary/aromatic N) is 1. The fraction of sp³-hybridized carbons (Fsp3) is 0.130. The van der Waals surface area contributed by atoms with Crippen LogP contribution in [0.5, 0.6) is 0 Å². The van der Waals surface area contributed by atoms with E-state index in [1.54, 1.807) is 29.2 Å². The molecule has 0 aromatic heterocycles. The molecule has 0 N–H and O–H groups in total. The minimum absolute atomic E-state index is 0.205. The summed E-state index contributed by atoms with van der Waals surface area (Å²) in [6.07, 6.45) is 0.